The molecular formula is C12H20N2. The third-order valence-corrected chi connectivity index (χ3v) is 2.53. The van der Waals surface area contributed by atoms with E-state index in [4.69, 9.17) is 0 Å². The van der Waals surface area contributed by atoms with E-state index in [1.165, 1.54) is 18.5 Å². The maximum absolute atomic E-state index is 4.33. The molecule has 1 rings (SSSR count). The van der Waals surface area contributed by atoms with Gasteiger partial charge in [-0.05, 0) is 24.3 Å². The number of hydrogen-bond donors (Lipinski definition) is 0. The van der Waals surface area contributed by atoms with Crippen molar-refractivity contribution in [2.45, 2.75) is 52.4 Å². The Kier molecular flexibility index (Phi) is 4.05. The standard InChI is InChI=1S/C12H20N2/c1-5-6-10(4)12-7-11(9(2)3)13-8-14-12/h7-10H,5-6H2,1-4H3. The molecular weight excluding hydrogens is 172 g/mol. The van der Waals surface area contributed by atoms with Crippen molar-refractivity contribution in [1.29, 1.82) is 0 Å². The van der Waals surface area contributed by atoms with Gasteiger partial charge in [0.05, 0.1) is 0 Å². The highest BCUT2D eigenvalue weighted by Gasteiger charge is 2.08. The Morgan fingerprint density at radius 3 is 2.36 bits per heavy atom. The first-order valence-corrected chi connectivity index (χ1v) is 5.47. The second kappa shape index (κ2) is 5.08. The summed E-state index contributed by atoms with van der Waals surface area (Å²) in [7, 11) is 0. The lowest BCUT2D eigenvalue weighted by atomic mass is 10.00. The van der Waals surface area contributed by atoms with Gasteiger partial charge in [0.2, 0.25) is 0 Å². The largest absolute Gasteiger partial charge is 0.241 e. The maximum Gasteiger partial charge on any atom is 0.115 e. The molecule has 0 aromatic carbocycles. The van der Waals surface area contributed by atoms with Gasteiger partial charge in [0.1, 0.15) is 6.33 Å². The second-order valence-electron chi connectivity index (χ2n) is 4.21. The van der Waals surface area contributed by atoms with Crippen molar-refractivity contribution in [3.8, 4) is 0 Å². The number of rotatable bonds is 4. The first-order chi connectivity index (χ1) is 6.65. The van der Waals surface area contributed by atoms with E-state index in [0.29, 0.717) is 11.8 Å². The quantitative estimate of drug-likeness (QED) is 0.729. The molecule has 0 bridgehead atoms. The molecule has 0 aliphatic rings. The molecule has 0 fully saturated rings. The van der Waals surface area contributed by atoms with E-state index in [0.717, 1.165) is 5.69 Å². The zero-order valence-corrected chi connectivity index (χ0v) is 9.62. The van der Waals surface area contributed by atoms with E-state index in [9.17, 15) is 0 Å². The average Bonchev–Trinajstić information content (AvgIpc) is 2.18. The zero-order valence-electron chi connectivity index (χ0n) is 9.62. The lowest BCUT2D eigenvalue weighted by Gasteiger charge is -2.11. The Bertz CT molecular complexity index is 281. The van der Waals surface area contributed by atoms with Crippen LogP contribution < -0.4 is 0 Å². The van der Waals surface area contributed by atoms with Crippen LogP contribution in [0.5, 0.6) is 0 Å². The average molecular weight is 192 g/mol. The minimum Gasteiger partial charge on any atom is -0.241 e. The minimum atomic E-state index is 0.491. The van der Waals surface area contributed by atoms with Crippen LogP contribution in [0.2, 0.25) is 0 Å². The third kappa shape index (κ3) is 2.79. The van der Waals surface area contributed by atoms with Crippen molar-refractivity contribution >= 4 is 0 Å². The predicted octanol–water partition coefficient (Wildman–Crippen LogP) is 3.50. The topological polar surface area (TPSA) is 25.8 Å². The Labute approximate surface area is 86.8 Å². The molecule has 2 heteroatoms. The molecule has 78 valence electrons. The Balaban J connectivity index is 2.82. The van der Waals surface area contributed by atoms with Crippen LogP contribution in [0.25, 0.3) is 0 Å². The lowest BCUT2D eigenvalue weighted by Crippen LogP contribution is -2.01. The molecule has 1 unspecified atom stereocenters. The van der Waals surface area contributed by atoms with E-state index in [2.05, 4.69) is 43.7 Å². The van der Waals surface area contributed by atoms with Gasteiger partial charge < -0.3 is 0 Å². The molecule has 0 saturated heterocycles. The molecule has 0 amide bonds. The summed E-state index contributed by atoms with van der Waals surface area (Å²) in [5.41, 5.74) is 2.34. The van der Waals surface area contributed by atoms with Gasteiger partial charge in [-0.1, -0.05) is 34.1 Å². The summed E-state index contributed by atoms with van der Waals surface area (Å²) >= 11 is 0. The van der Waals surface area contributed by atoms with Crippen LogP contribution >= 0.6 is 0 Å². The molecule has 1 aromatic rings. The Morgan fingerprint density at radius 1 is 1.14 bits per heavy atom. The summed E-state index contributed by atoms with van der Waals surface area (Å²) in [6.45, 7) is 8.77. The van der Waals surface area contributed by atoms with Crippen molar-refractivity contribution in [3.63, 3.8) is 0 Å². The number of hydrogen-bond acceptors (Lipinski definition) is 2. The van der Waals surface area contributed by atoms with Gasteiger partial charge in [-0.2, -0.15) is 0 Å². The van der Waals surface area contributed by atoms with Crippen molar-refractivity contribution in [2.24, 2.45) is 0 Å². The SMILES string of the molecule is CCCC(C)c1cc(C(C)C)ncn1. The molecule has 0 radical (unpaired) electrons. The summed E-state index contributed by atoms with van der Waals surface area (Å²) < 4.78 is 0. The third-order valence-electron chi connectivity index (χ3n) is 2.53. The van der Waals surface area contributed by atoms with Crippen LogP contribution in [0.1, 0.15) is 63.8 Å². The molecule has 0 aliphatic heterocycles. The van der Waals surface area contributed by atoms with Crippen LogP contribution in [-0.4, -0.2) is 9.97 Å². The smallest absolute Gasteiger partial charge is 0.115 e. The van der Waals surface area contributed by atoms with E-state index in [-0.39, 0.29) is 0 Å². The Morgan fingerprint density at radius 2 is 1.79 bits per heavy atom. The normalized spacial score (nSPS) is 13.2. The highest BCUT2D eigenvalue weighted by Crippen LogP contribution is 2.20. The second-order valence-corrected chi connectivity index (χ2v) is 4.21. The Hall–Kier alpha value is -0.920. The van der Waals surface area contributed by atoms with Crippen LogP contribution in [0.4, 0.5) is 0 Å². The van der Waals surface area contributed by atoms with Crippen LogP contribution in [-0.2, 0) is 0 Å². The van der Waals surface area contributed by atoms with E-state index < -0.39 is 0 Å². The molecule has 2 nitrogen and oxygen atoms in total. The summed E-state index contributed by atoms with van der Waals surface area (Å²) in [6, 6.07) is 2.14. The van der Waals surface area contributed by atoms with Crippen molar-refractivity contribution in [1.82, 2.24) is 9.97 Å². The van der Waals surface area contributed by atoms with Crippen LogP contribution in [0.3, 0.4) is 0 Å². The summed E-state index contributed by atoms with van der Waals surface area (Å²) in [4.78, 5) is 8.60. The fourth-order valence-corrected chi connectivity index (χ4v) is 1.55. The molecule has 14 heavy (non-hydrogen) atoms. The highest BCUT2D eigenvalue weighted by atomic mass is 14.8. The van der Waals surface area contributed by atoms with Gasteiger partial charge in [0.15, 0.2) is 0 Å². The van der Waals surface area contributed by atoms with Gasteiger partial charge in [-0.15, -0.1) is 0 Å². The molecule has 0 saturated carbocycles. The molecule has 1 atom stereocenters. The van der Waals surface area contributed by atoms with Gasteiger partial charge in [-0.3, -0.25) is 0 Å². The van der Waals surface area contributed by atoms with E-state index in [1.54, 1.807) is 6.33 Å². The van der Waals surface area contributed by atoms with E-state index in [1.807, 2.05) is 0 Å². The van der Waals surface area contributed by atoms with Gasteiger partial charge in [0, 0.05) is 11.4 Å². The number of nitrogens with zero attached hydrogens (tertiary/aromatic N) is 2. The lowest BCUT2D eigenvalue weighted by molar-refractivity contribution is 0.640. The first-order valence-electron chi connectivity index (χ1n) is 5.47. The maximum atomic E-state index is 4.33. The summed E-state index contributed by atoms with van der Waals surface area (Å²) in [5, 5.41) is 0. The van der Waals surface area contributed by atoms with Crippen molar-refractivity contribution in [3.05, 3.63) is 23.8 Å². The molecule has 0 N–H and O–H groups in total. The fourth-order valence-electron chi connectivity index (χ4n) is 1.55. The molecule has 0 aliphatic carbocycles. The predicted molar refractivity (Wildman–Crippen MR) is 59.4 cm³/mol. The highest BCUT2D eigenvalue weighted by molar-refractivity contribution is 5.14. The monoisotopic (exact) mass is 192 g/mol. The van der Waals surface area contributed by atoms with Crippen molar-refractivity contribution < 1.29 is 0 Å². The van der Waals surface area contributed by atoms with E-state index >= 15 is 0 Å². The molecule has 1 heterocycles. The van der Waals surface area contributed by atoms with Gasteiger partial charge in [0.25, 0.3) is 0 Å². The summed E-state index contributed by atoms with van der Waals surface area (Å²) in [6.07, 6.45) is 4.10. The van der Waals surface area contributed by atoms with Crippen LogP contribution in [0.15, 0.2) is 12.4 Å². The van der Waals surface area contributed by atoms with Gasteiger partial charge in [-0.25, -0.2) is 9.97 Å². The van der Waals surface area contributed by atoms with Crippen LogP contribution in [0, 0.1) is 0 Å². The van der Waals surface area contributed by atoms with Crippen molar-refractivity contribution in [2.75, 3.05) is 0 Å². The minimum absolute atomic E-state index is 0.491. The number of aromatic nitrogens is 2. The van der Waals surface area contributed by atoms with Gasteiger partial charge >= 0.3 is 0 Å². The molecule has 1 aromatic heterocycles. The first kappa shape index (κ1) is 11.2. The zero-order chi connectivity index (χ0) is 10.6. The summed E-state index contributed by atoms with van der Waals surface area (Å²) in [5.74, 6) is 1.05. The molecule has 0 spiro atoms. The fraction of sp³-hybridized carbons (Fsp3) is 0.667.